The van der Waals surface area contributed by atoms with Gasteiger partial charge in [0.2, 0.25) is 0 Å². The van der Waals surface area contributed by atoms with Gasteiger partial charge in [0.25, 0.3) is 5.91 Å². The molecule has 1 amide bonds. The maximum Gasteiger partial charge on any atom is 0.251 e. The summed E-state index contributed by atoms with van der Waals surface area (Å²) in [6.45, 7) is 8.19. The van der Waals surface area contributed by atoms with Gasteiger partial charge in [-0.25, -0.2) is 9.67 Å². The first kappa shape index (κ1) is 18.1. The number of rotatable bonds is 7. The lowest BCUT2D eigenvalue weighted by atomic mass is 9.98. The summed E-state index contributed by atoms with van der Waals surface area (Å²) in [4.78, 5) is 16.6. The minimum Gasteiger partial charge on any atom is -0.390 e. The summed E-state index contributed by atoms with van der Waals surface area (Å²) >= 11 is 0. The Labute approximate surface area is 142 Å². The molecule has 0 bridgehead atoms. The number of aryl methyl sites for hydroxylation is 2. The highest BCUT2D eigenvalue weighted by Crippen LogP contribution is 2.15. The van der Waals surface area contributed by atoms with Crippen LogP contribution in [0.25, 0.3) is 0 Å². The molecule has 1 aromatic heterocycles. The molecule has 0 unspecified atom stereocenters. The van der Waals surface area contributed by atoms with Gasteiger partial charge in [0.1, 0.15) is 12.2 Å². The molecular weight excluding hydrogens is 304 g/mol. The largest absolute Gasteiger partial charge is 0.390 e. The second-order valence-electron chi connectivity index (χ2n) is 6.64. The van der Waals surface area contributed by atoms with E-state index in [2.05, 4.69) is 15.4 Å². The average Bonchev–Trinajstić information content (AvgIpc) is 3.01. The van der Waals surface area contributed by atoms with Crippen molar-refractivity contribution in [1.82, 2.24) is 20.1 Å². The molecule has 1 heterocycles. The lowest BCUT2D eigenvalue weighted by Crippen LogP contribution is -2.28. The van der Waals surface area contributed by atoms with Crippen LogP contribution in [0, 0.1) is 0 Å². The van der Waals surface area contributed by atoms with Crippen molar-refractivity contribution >= 4 is 5.91 Å². The molecule has 24 heavy (non-hydrogen) atoms. The van der Waals surface area contributed by atoms with E-state index in [0.717, 1.165) is 17.8 Å². The zero-order chi connectivity index (χ0) is 17.7. The third kappa shape index (κ3) is 4.89. The van der Waals surface area contributed by atoms with Gasteiger partial charge >= 0.3 is 0 Å². The van der Waals surface area contributed by atoms with E-state index in [-0.39, 0.29) is 11.9 Å². The molecule has 0 radical (unpaired) electrons. The van der Waals surface area contributed by atoms with E-state index in [0.29, 0.717) is 18.5 Å². The van der Waals surface area contributed by atoms with Crippen molar-refractivity contribution in [2.24, 2.45) is 0 Å². The summed E-state index contributed by atoms with van der Waals surface area (Å²) in [6.07, 6.45) is 2.96. The van der Waals surface area contributed by atoms with Crippen molar-refractivity contribution in [1.29, 1.82) is 0 Å². The Hall–Kier alpha value is -2.21. The van der Waals surface area contributed by atoms with Crippen LogP contribution in [-0.2, 0) is 13.0 Å². The standard InChI is InChI=1S/C18H26N4O2/c1-5-22-16(19-12-20-22)13(2)21-17(23)15-8-6-14(7-9-15)10-11-18(3,4)24/h6-9,12-13,24H,5,10-11H2,1-4H3,(H,21,23)/t13-/m1/s1. The number of carbonyl (C=O) groups excluding carboxylic acids is 1. The zero-order valence-corrected chi connectivity index (χ0v) is 14.8. The lowest BCUT2D eigenvalue weighted by molar-refractivity contribution is 0.0713. The molecule has 130 valence electrons. The third-order valence-corrected chi connectivity index (χ3v) is 3.92. The van der Waals surface area contributed by atoms with Gasteiger partial charge in [-0.05, 0) is 58.2 Å². The number of aromatic nitrogens is 3. The molecule has 0 spiro atoms. The Kier molecular flexibility index (Phi) is 5.72. The molecule has 6 nitrogen and oxygen atoms in total. The maximum atomic E-state index is 12.4. The second kappa shape index (κ2) is 7.57. The number of amides is 1. The van der Waals surface area contributed by atoms with Crippen molar-refractivity contribution in [2.75, 3.05) is 0 Å². The summed E-state index contributed by atoms with van der Waals surface area (Å²) in [6, 6.07) is 7.27. The Morgan fingerprint density at radius 2 is 2.00 bits per heavy atom. The van der Waals surface area contributed by atoms with Crippen molar-refractivity contribution in [3.05, 3.63) is 47.5 Å². The van der Waals surface area contributed by atoms with Crippen LogP contribution in [-0.4, -0.2) is 31.4 Å². The Balaban J connectivity index is 1.97. The summed E-state index contributed by atoms with van der Waals surface area (Å²) < 4.78 is 1.77. The van der Waals surface area contributed by atoms with Crippen LogP contribution in [0.3, 0.4) is 0 Å². The molecule has 0 aliphatic heterocycles. The molecule has 0 saturated carbocycles. The molecule has 1 aromatic carbocycles. The first-order valence-electron chi connectivity index (χ1n) is 8.30. The van der Waals surface area contributed by atoms with E-state index in [1.54, 1.807) is 18.5 Å². The highest BCUT2D eigenvalue weighted by molar-refractivity contribution is 5.94. The monoisotopic (exact) mass is 330 g/mol. The molecule has 2 aromatic rings. The average molecular weight is 330 g/mol. The van der Waals surface area contributed by atoms with Gasteiger partial charge in [-0.1, -0.05) is 12.1 Å². The fourth-order valence-electron chi connectivity index (χ4n) is 2.47. The normalized spacial score (nSPS) is 12.9. The first-order valence-corrected chi connectivity index (χ1v) is 8.30. The molecule has 2 rings (SSSR count). The minimum absolute atomic E-state index is 0.137. The number of nitrogens with one attached hydrogen (secondary N) is 1. The number of aliphatic hydroxyl groups is 1. The maximum absolute atomic E-state index is 12.4. The van der Waals surface area contributed by atoms with Gasteiger partial charge in [-0.2, -0.15) is 5.10 Å². The molecule has 0 aliphatic carbocycles. The van der Waals surface area contributed by atoms with E-state index in [9.17, 15) is 9.90 Å². The molecule has 1 atom stereocenters. The topological polar surface area (TPSA) is 80.0 Å². The SMILES string of the molecule is CCn1ncnc1[C@@H](C)NC(=O)c1ccc(CCC(C)(C)O)cc1. The number of carbonyl (C=O) groups is 1. The Morgan fingerprint density at radius 3 is 2.58 bits per heavy atom. The fraction of sp³-hybridized carbons (Fsp3) is 0.500. The molecule has 0 aliphatic rings. The van der Waals surface area contributed by atoms with Crippen LogP contribution in [0.5, 0.6) is 0 Å². The fourth-order valence-corrected chi connectivity index (χ4v) is 2.47. The highest BCUT2D eigenvalue weighted by atomic mass is 16.3. The second-order valence-corrected chi connectivity index (χ2v) is 6.64. The molecule has 2 N–H and O–H groups in total. The third-order valence-electron chi connectivity index (χ3n) is 3.92. The van der Waals surface area contributed by atoms with E-state index >= 15 is 0 Å². The molecular formula is C18H26N4O2. The van der Waals surface area contributed by atoms with Crippen LogP contribution < -0.4 is 5.32 Å². The van der Waals surface area contributed by atoms with Crippen LogP contribution in [0.15, 0.2) is 30.6 Å². The summed E-state index contributed by atoms with van der Waals surface area (Å²) in [7, 11) is 0. The number of nitrogens with zero attached hydrogens (tertiary/aromatic N) is 3. The van der Waals surface area contributed by atoms with Gasteiger partial charge in [-0.15, -0.1) is 0 Å². The highest BCUT2D eigenvalue weighted by Gasteiger charge is 2.16. The Bertz CT molecular complexity index is 671. The van der Waals surface area contributed by atoms with Crippen molar-refractivity contribution in [2.45, 2.75) is 58.7 Å². The number of hydrogen-bond acceptors (Lipinski definition) is 4. The zero-order valence-electron chi connectivity index (χ0n) is 14.8. The van der Waals surface area contributed by atoms with Crippen molar-refractivity contribution in [3.8, 4) is 0 Å². The van der Waals surface area contributed by atoms with E-state index in [1.807, 2.05) is 38.1 Å². The first-order chi connectivity index (χ1) is 11.3. The van der Waals surface area contributed by atoms with Gasteiger partial charge in [0, 0.05) is 12.1 Å². The molecule has 0 fully saturated rings. The minimum atomic E-state index is -0.680. The predicted octanol–water partition coefficient (Wildman–Crippen LogP) is 2.49. The lowest BCUT2D eigenvalue weighted by Gasteiger charge is -2.17. The van der Waals surface area contributed by atoms with Crippen LogP contribution >= 0.6 is 0 Å². The Morgan fingerprint density at radius 1 is 1.33 bits per heavy atom. The molecule has 0 saturated heterocycles. The van der Waals surface area contributed by atoms with E-state index in [4.69, 9.17) is 0 Å². The van der Waals surface area contributed by atoms with Gasteiger partial charge < -0.3 is 10.4 Å². The summed E-state index contributed by atoms with van der Waals surface area (Å²) in [5.74, 6) is 0.606. The van der Waals surface area contributed by atoms with Gasteiger partial charge in [0.05, 0.1) is 11.6 Å². The van der Waals surface area contributed by atoms with Crippen LogP contribution in [0.1, 0.15) is 61.9 Å². The number of benzene rings is 1. The van der Waals surface area contributed by atoms with Crippen LogP contribution in [0.4, 0.5) is 0 Å². The van der Waals surface area contributed by atoms with E-state index < -0.39 is 5.60 Å². The molecule has 6 heteroatoms. The van der Waals surface area contributed by atoms with Gasteiger partial charge in [-0.3, -0.25) is 4.79 Å². The number of hydrogen-bond donors (Lipinski definition) is 2. The quantitative estimate of drug-likeness (QED) is 0.817. The van der Waals surface area contributed by atoms with Gasteiger partial charge in [0.15, 0.2) is 0 Å². The van der Waals surface area contributed by atoms with Crippen LogP contribution in [0.2, 0.25) is 0 Å². The summed E-state index contributed by atoms with van der Waals surface area (Å²) in [5, 5.41) is 16.8. The van der Waals surface area contributed by atoms with Crippen molar-refractivity contribution in [3.63, 3.8) is 0 Å². The van der Waals surface area contributed by atoms with E-state index in [1.165, 1.54) is 6.33 Å². The summed E-state index contributed by atoms with van der Waals surface area (Å²) in [5.41, 5.74) is 1.03. The van der Waals surface area contributed by atoms with Crippen molar-refractivity contribution < 1.29 is 9.90 Å². The predicted molar refractivity (Wildman–Crippen MR) is 92.6 cm³/mol. The smallest absolute Gasteiger partial charge is 0.251 e.